The summed E-state index contributed by atoms with van der Waals surface area (Å²) in [5.41, 5.74) is 3.16. The monoisotopic (exact) mass is 325 g/mol. The first-order chi connectivity index (χ1) is 10.1. The number of aromatic amines is 1. The molecule has 1 aromatic carbocycles. The van der Waals surface area contributed by atoms with E-state index in [1.807, 2.05) is 12.1 Å². The fraction of sp³-hybridized carbons (Fsp3) is 0.143. The number of hydrogen-bond donors (Lipinski definition) is 2. The van der Waals surface area contributed by atoms with Crippen molar-refractivity contribution >= 4 is 35.3 Å². The summed E-state index contributed by atoms with van der Waals surface area (Å²) in [5, 5.41) is 4.68. The third-order valence-electron chi connectivity index (χ3n) is 2.57. The maximum Gasteiger partial charge on any atom is 0.280 e. The fourth-order valence-corrected chi connectivity index (χ4v) is 1.82. The third-order valence-corrected chi connectivity index (χ3v) is 3.11. The van der Waals surface area contributed by atoms with Gasteiger partial charge in [0.2, 0.25) is 0 Å². The van der Waals surface area contributed by atoms with Gasteiger partial charge in [-0.1, -0.05) is 23.2 Å². The van der Waals surface area contributed by atoms with Gasteiger partial charge in [-0.25, -0.2) is 5.43 Å². The van der Waals surface area contributed by atoms with Crippen LogP contribution in [0.2, 0.25) is 10.0 Å². The standard InChI is InChI=1S/C14H13Cl2N3O2/c1-9(21-13-7-10(15)4-5-12(13)16)14(20)19-18-8-11-3-2-6-17-11/h2-9,17H,1H3,(H,19,20)/b18-8+. The van der Waals surface area contributed by atoms with Crippen molar-refractivity contribution in [2.75, 3.05) is 0 Å². The molecule has 21 heavy (non-hydrogen) atoms. The van der Waals surface area contributed by atoms with Crippen LogP contribution in [0.1, 0.15) is 12.6 Å². The number of ether oxygens (including phenoxy) is 1. The zero-order valence-electron chi connectivity index (χ0n) is 11.1. The molecule has 7 heteroatoms. The number of carbonyl (C=O) groups is 1. The van der Waals surface area contributed by atoms with E-state index in [2.05, 4.69) is 15.5 Å². The quantitative estimate of drug-likeness (QED) is 0.654. The van der Waals surface area contributed by atoms with Crippen molar-refractivity contribution in [2.24, 2.45) is 5.10 Å². The molecule has 1 atom stereocenters. The van der Waals surface area contributed by atoms with Crippen molar-refractivity contribution in [3.8, 4) is 5.75 Å². The second-order valence-electron chi connectivity index (χ2n) is 4.19. The van der Waals surface area contributed by atoms with Gasteiger partial charge in [0.1, 0.15) is 5.75 Å². The number of hydrogen-bond acceptors (Lipinski definition) is 3. The molecule has 0 radical (unpaired) electrons. The van der Waals surface area contributed by atoms with E-state index in [-0.39, 0.29) is 0 Å². The van der Waals surface area contributed by atoms with Gasteiger partial charge in [-0.3, -0.25) is 4.79 Å². The first-order valence-corrected chi connectivity index (χ1v) is 6.90. The number of nitrogens with one attached hydrogen (secondary N) is 2. The van der Waals surface area contributed by atoms with E-state index in [4.69, 9.17) is 27.9 Å². The van der Waals surface area contributed by atoms with Crippen LogP contribution in [0.5, 0.6) is 5.75 Å². The van der Waals surface area contributed by atoms with E-state index in [1.54, 1.807) is 31.3 Å². The van der Waals surface area contributed by atoms with Crippen LogP contribution in [0.4, 0.5) is 0 Å². The van der Waals surface area contributed by atoms with E-state index < -0.39 is 12.0 Å². The van der Waals surface area contributed by atoms with Crippen LogP contribution in [0.15, 0.2) is 41.6 Å². The Hall–Kier alpha value is -1.98. The Morgan fingerprint density at radius 3 is 2.95 bits per heavy atom. The summed E-state index contributed by atoms with van der Waals surface area (Å²) in [4.78, 5) is 14.8. The molecule has 0 bridgehead atoms. The average Bonchev–Trinajstić information content (AvgIpc) is 2.96. The van der Waals surface area contributed by atoms with Crippen LogP contribution in [0.3, 0.4) is 0 Å². The Morgan fingerprint density at radius 1 is 1.43 bits per heavy atom. The summed E-state index contributed by atoms with van der Waals surface area (Å²) < 4.78 is 5.47. The smallest absolute Gasteiger partial charge is 0.280 e. The lowest BCUT2D eigenvalue weighted by molar-refractivity contribution is -0.127. The number of benzene rings is 1. The second-order valence-corrected chi connectivity index (χ2v) is 5.04. The molecular formula is C14H13Cl2N3O2. The van der Waals surface area contributed by atoms with Gasteiger partial charge < -0.3 is 9.72 Å². The van der Waals surface area contributed by atoms with E-state index in [1.165, 1.54) is 6.21 Å². The number of nitrogens with zero attached hydrogens (tertiary/aromatic N) is 1. The highest BCUT2D eigenvalue weighted by molar-refractivity contribution is 6.34. The molecule has 5 nitrogen and oxygen atoms in total. The SMILES string of the molecule is CC(Oc1cc(Cl)ccc1Cl)C(=O)N/N=C/c1ccc[nH]1. The lowest BCUT2D eigenvalue weighted by atomic mass is 10.3. The van der Waals surface area contributed by atoms with E-state index in [0.29, 0.717) is 15.8 Å². The minimum absolute atomic E-state index is 0.347. The zero-order valence-corrected chi connectivity index (χ0v) is 12.7. The Bertz CT molecular complexity index is 642. The predicted molar refractivity (Wildman–Crippen MR) is 83.1 cm³/mol. The first kappa shape index (κ1) is 15.4. The second kappa shape index (κ2) is 7.15. The molecule has 2 rings (SSSR count). The van der Waals surface area contributed by atoms with Gasteiger partial charge in [-0.2, -0.15) is 5.10 Å². The van der Waals surface area contributed by atoms with Crippen molar-refractivity contribution in [3.05, 3.63) is 52.3 Å². The number of halogens is 2. The summed E-state index contributed by atoms with van der Waals surface area (Å²) in [6, 6.07) is 8.45. The van der Waals surface area contributed by atoms with Gasteiger partial charge in [-0.15, -0.1) is 0 Å². The fourth-order valence-electron chi connectivity index (χ4n) is 1.49. The van der Waals surface area contributed by atoms with Crippen molar-refractivity contribution in [2.45, 2.75) is 13.0 Å². The highest BCUT2D eigenvalue weighted by atomic mass is 35.5. The van der Waals surface area contributed by atoms with Crippen molar-refractivity contribution < 1.29 is 9.53 Å². The number of rotatable bonds is 5. The summed E-state index contributed by atoms with van der Waals surface area (Å²) in [7, 11) is 0. The van der Waals surface area contributed by atoms with Crippen molar-refractivity contribution in [3.63, 3.8) is 0 Å². The molecule has 0 saturated carbocycles. The molecule has 2 N–H and O–H groups in total. The summed E-state index contributed by atoms with van der Waals surface area (Å²) in [5.74, 6) is -0.0472. The Kier molecular flexibility index (Phi) is 5.25. The van der Waals surface area contributed by atoms with Crippen molar-refractivity contribution in [1.82, 2.24) is 10.4 Å². The minimum Gasteiger partial charge on any atom is -0.479 e. The highest BCUT2D eigenvalue weighted by Crippen LogP contribution is 2.28. The van der Waals surface area contributed by atoms with Crippen LogP contribution < -0.4 is 10.2 Å². The summed E-state index contributed by atoms with van der Waals surface area (Å²) in [6.07, 6.45) is 2.49. The minimum atomic E-state index is -0.762. The van der Waals surface area contributed by atoms with Gasteiger partial charge >= 0.3 is 0 Å². The first-order valence-electron chi connectivity index (χ1n) is 6.14. The van der Waals surface area contributed by atoms with Crippen LogP contribution in [0, 0.1) is 0 Å². The highest BCUT2D eigenvalue weighted by Gasteiger charge is 2.15. The third kappa shape index (κ3) is 4.51. The summed E-state index contributed by atoms with van der Waals surface area (Å²) >= 11 is 11.8. The molecule has 0 saturated heterocycles. The van der Waals surface area contributed by atoms with E-state index in [9.17, 15) is 4.79 Å². The van der Waals surface area contributed by atoms with Crippen LogP contribution in [-0.4, -0.2) is 23.2 Å². The molecule has 0 fully saturated rings. The number of H-pyrrole nitrogens is 1. The van der Waals surface area contributed by atoms with Crippen LogP contribution >= 0.6 is 23.2 Å². The van der Waals surface area contributed by atoms with Crippen LogP contribution in [0.25, 0.3) is 0 Å². The maximum absolute atomic E-state index is 11.8. The van der Waals surface area contributed by atoms with E-state index in [0.717, 1.165) is 5.69 Å². The van der Waals surface area contributed by atoms with Gasteiger partial charge in [0.15, 0.2) is 6.10 Å². The molecule has 110 valence electrons. The molecule has 1 amide bonds. The van der Waals surface area contributed by atoms with E-state index >= 15 is 0 Å². The molecule has 1 heterocycles. The largest absolute Gasteiger partial charge is 0.479 e. The number of hydrazone groups is 1. The lowest BCUT2D eigenvalue weighted by Crippen LogP contribution is -2.33. The lowest BCUT2D eigenvalue weighted by Gasteiger charge is -2.14. The number of carbonyl (C=O) groups excluding carboxylic acids is 1. The molecule has 2 aromatic rings. The van der Waals surface area contributed by atoms with Crippen LogP contribution in [-0.2, 0) is 4.79 Å². The molecule has 1 unspecified atom stereocenters. The number of aromatic nitrogens is 1. The Morgan fingerprint density at radius 2 is 2.24 bits per heavy atom. The normalized spacial score (nSPS) is 12.3. The predicted octanol–water partition coefficient (Wildman–Crippen LogP) is 3.24. The Labute approximate surface area is 131 Å². The molecule has 0 aliphatic carbocycles. The molecular weight excluding hydrogens is 313 g/mol. The molecule has 0 aliphatic heterocycles. The molecule has 1 aromatic heterocycles. The molecule has 0 aliphatic rings. The zero-order chi connectivity index (χ0) is 15.2. The molecule has 0 spiro atoms. The topological polar surface area (TPSA) is 66.5 Å². The van der Waals surface area contributed by atoms with Crippen molar-refractivity contribution in [1.29, 1.82) is 0 Å². The van der Waals surface area contributed by atoms with Gasteiger partial charge in [0.05, 0.1) is 16.9 Å². The number of amides is 1. The van der Waals surface area contributed by atoms with Gasteiger partial charge in [-0.05, 0) is 31.2 Å². The Balaban J connectivity index is 1.92. The average molecular weight is 326 g/mol. The summed E-state index contributed by atoms with van der Waals surface area (Å²) in [6.45, 7) is 1.59. The maximum atomic E-state index is 11.8. The van der Waals surface area contributed by atoms with Gasteiger partial charge in [0.25, 0.3) is 5.91 Å². The van der Waals surface area contributed by atoms with Gasteiger partial charge in [0, 0.05) is 17.3 Å².